The third-order valence-corrected chi connectivity index (χ3v) is 3.81. The zero-order valence-corrected chi connectivity index (χ0v) is 15.3. The summed E-state index contributed by atoms with van der Waals surface area (Å²) in [5.74, 6) is 0. The fraction of sp³-hybridized carbons (Fsp3) is 0.381. The first-order valence-corrected chi connectivity index (χ1v) is 8.54. The molecule has 0 saturated heterocycles. The molecule has 2 N–H and O–H groups in total. The van der Waals surface area contributed by atoms with Crippen LogP contribution < -0.4 is 5.32 Å². The van der Waals surface area contributed by atoms with Gasteiger partial charge in [0, 0.05) is 6.42 Å². The van der Waals surface area contributed by atoms with E-state index in [2.05, 4.69) is 5.32 Å². The first kappa shape index (κ1) is 19.0. The van der Waals surface area contributed by atoms with Gasteiger partial charge in [-0.1, -0.05) is 60.2 Å². The van der Waals surface area contributed by atoms with Crippen molar-refractivity contribution in [2.24, 2.45) is 0 Å². The molecule has 2 rings (SSSR count). The van der Waals surface area contributed by atoms with E-state index in [-0.39, 0.29) is 6.04 Å². The normalized spacial score (nSPS) is 13.8. The lowest BCUT2D eigenvalue weighted by Gasteiger charge is -2.25. The number of alkyl carbamates (subject to hydrolysis) is 1. The van der Waals surface area contributed by atoms with E-state index < -0.39 is 17.8 Å². The van der Waals surface area contributed by atoms with Gasteiger partial charge in [0.2, 0.25) is 0 Å². The van der Waals surface area contributed by atoms with Crippen molar-refractivity contribution in [1.82, 2.24) is 5.32 Å². The van der Waals surface area contributed by atoms with Crippen LogP contribution in [0.15, 0.2) is 54.6 Å². The predicted octanol–water partition coefficient (Wildman–Crippen LogP) is 4.68. The molecule has 0 saturated carbocycles. The van der Waals surface area contributed by atoms with Crippen LogP contribution in [0, 0.1) is 6.92 Å². The molecule has 2 atom stereocenters. The average molecular weight is 341 g/mol. The van der Waals surface area contributed by atoms with Gasteiger partial charge in [0.15, 0.2) is 0 Å². The minimum atomic E-state index is -0.680. The first-order valence-electron chi connectivity index (χ1n) is 8.54. The monoisotopic (exact) mass is 341 g/mol. The van der Waals surface area contributed by atoms with Crippen molar-refractivity contribution in [3.05, 3.63) is 71.3 Å². The molecule has 0 aliphatic rings. The highest BCUT2D eigenvalue weighted by molar-refractivity contribution is 5.68. The Bertz CT molecular complexity index is 675. The summed E-state index contributed by atoms with van der Waals surface area (Å²) in [6.45, 7) is 7.48. The third kappa shape index (κ3) is 6.24. The molecule has 134 valence electrons. The van der Waals surface area contributed by atoms with Gasteiger partial charge in [-0.3, -0.25) is 0 Å². The van der Waals surface area contributed by atoms with E-state index in [1.54, 1.807) is 0 Å². The van der Waals surface area contributed by atoms with Crippen molar-refractivity contribution < 1.29 is 14.6 Å². The van der Waals surface area contributed by atoms with E-state index >= 15 is 0 Å². The van der Waals surface area contributed by atoms with E-state index in [4.69, 9.17) is 4.74 Å². The lowest BCUT2D eigenvalue weighted by molar-refractivity contribution is 0.0482. The number of amides is 1. The first-order chi connectivity index (χ1) is 11.7. The van der Waals surface area contributed by atoms with Gasteiger partial charge in [-0.2, -0.15) is 0 Å². The number of aryl methyl sites for hydroxylation is 1. The molecule has 2 aromatic rings. The summed E-state index contributed by atoms with van der Waals surface area (Å²) in [6.07, 6.45) is -0.801. The number of hydrogen-bond acceptors (Lipinski definition) is 3. The summed E-state index contributed by atoms with van der Waals surface area (Å²) in [7, 11) is 0. The second-order valence-electron chi connectivity index (χ2n) is 7.27. The molecule has 2 aromatic carbocycles. The van der Waals surface area contributed by atoms with Crippen molar-refractivity contribution in [1.29, 1.82) is 0 Å². The maximum atomic E-state index is 12.2. The Morgan fingerprint density at radius 3 is 2.20 bits per heavy atom. The van der Waals surface area contributed by atoms with Crippen LogP contribution in [-0.4, -0.2) is 16.8 Å². The lowest BCUT2D eigenvalue weighted by Crippen LogP contribution is -2.35. The van der Waals surface area contributed by atoms with Crippen LogP contribution >= 0.6 is 0 Å². The van der Waals surface area contributed by atoms with Crippen LogP contribution in [-0.2, 0) is 4.74 Å². The minimum absolute atomic E-state index is 0.340. The highest BCUT2D eigenvalue weighted by Crippen LogP contribution is 2.27. The largest absolute Gasteiger partial charge is 0.444 e. The van der Waals surface area contributed by atoms with Crippen molar-refractivity contribution in [2.45, 2.75) is 51.9 Å². The summed E-state index contributed by atoms with van der Waals surface area (Å²) in [5.41, 5.74) is 2.33. The highest BCUT2D eigenvalue weighted by atomic mass is 16.6. The number of rotatable bonds is 5. The molecule has 4 nitrogen and oxygen atoms in total. The van der Waals surface area contributed by atoms with Crippen LogP contribution in [0.25, 0.3) is 0 Å². The van der Waals surface area contributed by atoms with Crippen molar-refractivity contribution in [3.63, 3.8) is 0 Å². The smallest absolute Gasteiger partial charge is 0.408 e. The third-order valence-electron chi connectivity index (χ3n) is 3.81. The molecule has 25 heavy (non-hydrogen) atoms. The van der Waals surface area contributed by atoms with Gasteiger partial charge in [0.25, 0.3) is 0 Å². The van der Waals surface area contributed by atoms with Gasteiger partial charge < -0.3 is 15.2 Å². The maximum Gasteiger partial charge on any atom is 0.408 e. The zero-order chi connectivity index (χ0) is 18.4. The Morgan fingerprint density at radius 1 is 1.04 bits per heavy atom. The summed E-state index contributed by atoms with van der Waals surface area (Å²) in [5, 5.41) is 13.5. The standard InChI is InChI=1S/C21H27NO3/c1-15-10-12-17(13-11-15)19(23)14-18(16-8-6-5-7-9-16)22-20(24)25-21(2,3)4/h5-13,18-19,23H,14H2,1-4H3,(H,22,24)/t18-,19-/m0/s1. The predicted molar refractivity (Wildman–Crippen MR) is 99.3 cm³/mol. The van der Waals surface area contributed by atoms with Crippen LogP contribution in [0.4, 0.5) is 4.79 Å². The molecule has 0 spiro atoms. The van der Waals surface area contributed by atoms with Crippen LogP contribution in [0.1, 0.15) is 56.0 Å². The topological polar surface area (TPSA) is 58.6 Å². The number of carbonyl (C=O) groups is 1. The molecule has 0 aliphatic carbocycles. The fourth-order valence-corrected chi connectivity index (χ4v) is 2.56. The van der Waals surface area contributed by atoms with Crippen LogP contribution in [0.3, 0.4) is 0 Å². The zero-order valence-electron chi connectivity index (χ0n) is 15.3. The van der Waals surface area contributed by atoms with E-state index in [9.17, 15) is 9.90 Å². The molecule has 0 heterocycles. The lowest BCUT2D eigenvalue weighted by atomic mass is 9.96. The Morgan fingerprint density at radius 2 is 1.64 bits per heavy atom. The number of benzene rings is 2. The molecule has 0 aliphatic heterocycles. The molecule has 0 aromatic heterocycles. The number of carbonyl (C=O) groups excluding carboxylic acids is 1. The summed E-state index contributed by atoms with van der Waals surface area (Å²) < 4.78 is 5.36. The maximum absolute atomic E-state index is 12.2. The minimum Gasteiger partial charge on any atom is -0.444 e. The summed E-state index contributed by atoms with van der Waals surface area (Å²) in [6, 6.07) is 17.0. The van der Waals surface area contributed by atoms with Crippen LogP contribution in [0.5, 0.6) is 0 Å². The molecule has 0 unspecified atom stereocenters. The number of ether oxygens (including phenoxy) is 1. The second-order valence-corrected chi connectivity index (χ2v) is 7.27. The van der Waals surface area contributed by atoms with E-state index in [1.165, 1.54) is 0 Å². The summed E-state index contributed by atoms with van der Waals surface area (Å²) >= 11 is 0. The Hall–Kier alpha value is -2.33. The number of aliphatic hydroxyl groups is 1. The molecular weight excluding hydrogens is 314 g/mol. The van der Waals surface area contributed by atoms with Gasteiger partial charge in [-0.15, -0.1) is 0 Å². The molecule has 1 amide bonds. The van der Waals surface area contributed by atoms with E-state index in [0.29, 0.717) is 6.42 Å². The van der Waals surface area contributed by atoms with Gasteiger partial charge in [0.1, 0.15) is 5.60 Å². The Balaban J connectivity index is 2.14. The van der Waals surface area contributed by atoms with Crippen molar-refractivity contribution in [3.8, 4) is 0 Å². The number of aliphatic hydroxyl groups excluding tert-OH is 1. The fourth-order valence-electron chi connectivity index (χ4n) is 2.56. The van der Waals surface area contributed by atoms with Crippen molar-refractivity contribution in [2.75, 3.05) is 0 Å². The second kappa shape index (κ2) is 8.17. The Labute approximate surface area is 149 Å². The van der Waals surface area contributed by atoms with Gasteiger partial charge in [-0.05, 0) is 38.8 Å². The highest BCUT2D eigenvalue weighted by Gasteiger charge is 2.23. The SMILES string of the molecule is Cc1ccc([C@@H](O)C[C@H](NC(=O)OC(C)(C)C)c2ccccc2)cc1. The number of nitrogens with one attached hydrogen (secondary N) is 1. The van der Waals surface area contributed by atoms with Gasteiger partial charge in [0.05, 0.1) is 12.1 Å². The molecule has 4 heteroatoms. The Kier molecular flexibility index (Phi) is 6.21. The van der Waals surface area contributed by atoms with Gasteiger partial charge in [-0.25, -0.2) is 4.79 Å². The molecular formula is C21H27NO3. The van der Waals surface area contributed by atoms with Gasteiger partial charge >= 0.3 is 6.09 Å². The summed E-state index contributed by atoms with van der Waals surface area (Å²) in [4.78, 5) is 12.2. The van der Waals surface area contributed by atoms with Crippen LogP contribution in [0.2, 0.25) is 0 Å². The van der Waals surface area contributed by atoms with Crippen molar-refractivity contribution >= 4 is 6.09 Å². The van der Waals surface area contributed by atoms with E-state index in [0.717, 1.165) is 16.7 Å². The quantitative estimate of drug-likeness (QED) is 0.830. The molecule has 0 fully saturated rings. The van der Waals surface area contributed by atoms with E-state index in [1.807, 2.05) is 82.3 Å². The molecule has 0 bridgehead atoms. The average Bonchev–Trinajstić information content (AvgIpc) is 2.54. The molecule has 0 radical (unpaired) electrons. The number of hydrogen-bond donors (Lipinski definition) is 2.